The number of pyridine rings is 1. The molecule has 0 amide bonds. The molecule has 0 spiro atoms. The molecule has 4 rings (SSSR count). The van der Waals surface area contributed by atoms with Gasteiger partial charge in [0.25, 0.3) is 0 Å². The van der Waals surface area contributed by atoms with E-state index in [2.05, 4.69) is 31.7 Å². The monoisotopic (exact) mass is 476 g/mol. The molecule has 0 saturated carbocycles. The maximum absolute atomic E-state index is 15.4. The van der Waals surface area contributed by atoms with Crippen LogP contribution in [0.25, 0.3) is 10.9 Å². The van der Waals surface area contributed by atoms with Crippen LogP contribution in [0, 0.1) is 23.7 Å². The summed E-state index contributed by atoms with van der Waals surface area (Å²) in [6, 6.07) is 7.18. The van der Waals surface area contributed by atoms with Gasteiger partial charge in [-0.15, -0.1) is 0 Å². The number of halogens is 1. The first-order chi connectivity index (χ1) is 17.0. The first-order valence-corrected chi connectivity index (χ1v) is 11.8. The Morgan fingerprint density at radius 1 is 1.29 bits per heavy atom. The van der Waals surface area contributed by atoms with Crippen molar-refractivity contribution in [2.24, 2.45) is 11.8 Å². The fourth-order valence-electron chi connectivity index (χ4n) is 4.81. The summed E-state index contributed by atoms with van der Waals surface area (Å²) in [7, 11) is 1.58. The molecule has 1 saturated heterocycles. The molecule has 1 aliphatic heterocycles. The third-order valence-corrected chi connectivity index (χ3v) is 6.62. The number of methoxy groups -OCH3 is 1. The fraction of sp³-hybridized carbons (Fsp3) is 0.407. The quantitative estimate of drug-likeness (QED) is 0.485. The molecule has 2 aromatic heterocycles. The van der Waals surface area contributed by atoms with E-state index in [-0.39, 0.29) is 18.3 Å². The number of aliphatic carboxylic acids is 1. The molecule has 8 heteroatoms. The zero-order valence-corrected chi connectivity index (χ0v) is 19.7. The Bertz CT molecular complexity index is 1210. The van der Waals surface area contributed by atoms with Crippen molar-refractivity contribution in [1.82, 2.24) is 19.9 Å². The van der Waals surface area contributed by atoms with E-state index in [0.717, 1.165) is 29.4 Å². The number of nitrogens with zero attached hydrogens (tertiary/aromatic N) is 4. The Hall–Kier alpha value is -3.57. The molecule has 0 radical (unpaired) electrons. The molecule has 3 atom stereocenters. The zero-order chi connectivity index (χ0) is 24.6. The van der Waals surface area contributed by atoms with Crippen molar-refractivity contribution in [2.75, 3.05) is 26.7 Å². The lowest BCUT2D eigenvalue weighted by Crippen LogP contribution is -2.41. The van der Waals surface area contributed by atoms with Gasteiger partial charge < -0.3 is 9.84 Å². The van der Waals surface area contributed by atoms with Gasteiger partial charge in [0.2, 0.25) is 0 Å². The fourth-order valence-corrected chi connectivity index (χ4v) is 4.81. The highest BCUT2D eigenvalue weighted by Crippen LogP contribution is 2.36. The van der Waals surface area contributed by atoms with E-state index in [1.54, 1.807) is 31.8 Å². The molecule has 0 bridgehead atoms. The Balaban J connectivity index is 1.39. The molecule has 7 nitrogen and oxygen atoms in total. The predicted octanol–water partition coefficient (Wildman–Crippen LogP) is 4.29. The molecule has 35 heavy (non-hydrogen) atoms. The lowest BCUT2D eigenvalue weighted by Gasteiger charge is -2.37. The highest BCUT2D eigenvalue weighted by Gasteiger charge is 2.31. The molecule has 1 aliphatic rings. The van der Waals surface area contributed by atoms with Gasteiger partial charge in [0, 0.05) is 36.9 Å². The standard InChI is InChI=1S/C27H29FN4O3/c1-35-22-5-7-26-24(14-22)23(8-10-31-26)25(28)6-4-20-9-12-32(17-21(20)13-27(33)34)11-2-3-19-15-29-18-30-16-19/h5,7-8,10,14-16,18,20-21,25H,4,6,9,11-13,17H2,1H3,(H,33,34)/t20-,21+,25-/m1/s1. The lowest BCUT2D eigenvalue weighted by molar-refractivity contribution is -0.139. The van der Waals surface area contributed by atoms with Crippen LogP contribution >= 0.6 is 0 Å². The van der Waals surface area contributed by atoms with Gasteiger partial charge in [0.05, 0.1) is 24.7 Å². The highest BCUT2D eigenvalue weighted by molar-refractivity contribution is 5.83. The molecule has 1 fully saturated rings. The van der Waals surface area contributed by atoms with Crippen LogP contribution in [0.1, 0.15) is 43.0 Å². The zero-order valence-electron chi connectivity index (χ0n) is 19.7. The lowest BCUT2D eigenvalue weighted by atomic mass is 9.79. The summed E-state index contributed by atoms with van der Waals surface area (Å²) in [5.41, 5.74) is 2.08. The van der Waals surface area contributed by atoms with Crippen LogP contribution in [0.5, 0.6) is 5.75 Å². The number of benzene rings is 1. The second-order valence-electron chi connectivity index (χ2n) is 8.90. The Labute approximate surface area is 204 Å². The Morgan fingerprint density at radius 3 is 2.89 bits per heavy atom. The molecular formula is C27H29FN4O3. The van der Waals surface area contributed by atoms with Crippen molar-refractivity contribution in [3.63, 3.8) is 0 Å². The van der Waals surface area contributed by atoms with Gasteiger partial charge in [0.15, 0.2) is 0 Å². The number of aromatic nitrogens is 3. The third-order valence-electron chi connectivity index (χ3n) is 6.62. The van der Waals surface area contributed by atoms with Crippen LogP contribution in [0.15, 0.2) is 49.2 Å². The van der Waals surface area contributed by atoms with E-state index in [1.165, 1.54) is 6.33 Å². The van der Waals surface area contributed by atoms with Gasteiger partial charge in [-0.2, -0.15) is 0 Å². The molecule has 1 aromatic carbocycles. The van der Waals surface area contributed by atoms with Crippen LogP contribution in [0.2, 0.25) is 0 Å². The number of ether oxygens (including phenoxy) is 1. The summed E-state index contributed by atoms with van der Waals surface area (Å²) in [4.78, 5) is 26.0. The number of hydrogen-bond donors (Lipinski definition) is 1. The average molecular weight is 477 g/mol. The van der Waals surface area contributed by atoms with Crippen LogP contribution < -0.4 is 4.74 Å². The average Bonchev–Trinajstić information content (AvgIpc) is 2.87. The van der Waals surface area contributed by atoms with Crippen LogP contribution in [0.4, 0.5) is 4.39 Å². The van der Waals surface area contributed by atoms with E-state index in [9.17, 15) is 9.90 Å². The first kappa shape index (κ1) is 24.6. The van der Waals surface area contributed by atoms with E-state index < -0.39 is 12.1 Å². The number of hydrogen-bond acceptors (Lipinski definition) is 6. The topological polar surface area (TPSA) is 88.4 Å². The van der Waals surface area contributed by atoms with E-state index >= 15 is 4.39 Å². The molecule has 3 heterocycles. The Kier molecular flexibility index (Phi) is 8.22. The molecule has 1 N–H and O–H groups in total. The van der Waals surface area contributed by atoms with Crippen molar-refractivity contribution in [2.45, 2.75) is 31.9 Å². The van der Waals surface area contributed by atoms with Crippen molar-refractivity contribution in [3.8, 4) is 17.6 Å². The van der Waals surface area contributed by atoms with Gasteiger partial charge in [-0.05, 0) is 67.5 Å². The van der Waals surface area contributed by atoms with E-state index in [1.807, 2.05) is 18.2 Å². The van der Waals surface area contributed by atoms with Crippen LogP contribution in [-0.4, -0.2) is 57.7 Å². The second-order valence-corrected chi connectivity index (χ2v) is 8.90. The van der Waals surface area contributed by atoms with E-state index in [4.69, 9.17) is 4.74 Å². The Morgan fingerprint density at radius 2 is 2.11 bits per heavy atom. The highest BCUT2D eigenvalue weighted by atomic mass is 19.1. The number of carboxylic acid groups (broad SMARTS) is 1. The van der Waals surface area contributed by atoms with Crippen molar-refractivity contribution >= 4 is 16.9 Å². The summed E-state index contributed by atoms with van der Waals surface area (Å²) < 4.78 is 20.7. The maximum Gasteiger partial charge on any atom is 0.303 e. The first-order valence-electron chi connectivity index (χ1n) is 11.8. The van der Waals surface area contributed by atoms with E-state index in [0.29, 0.717) is 37.2 Å². The smallest absolute Gasteiger partial charge is 0.303 e. The van der Waals surface area contributed by atoms with Gasteiger partial charge in [-0.25, -0.2) is 14.4 Å². The maximum atomic E-state index is 15.4. The number of carbonyl (C=O) groups is 1. The summed E-state index contributed by atoms with van der Waals surface area (Å²) in [5, 5.41) is 10.2. The number of rotatable bonds is 8. The van der Waals surface area contributed by atoms with Gasteiger partial charge in [0.1, 0.15) is 18.2 Å². The number of carboxylic acids is 1. The van der Waals surface area contributed by atoms with Gasteiger partial charge in [-0.1, -0.05) is 11.8 Å². The second kappa shape index (κ2) is 11.7. The van der Waals surface area contributed by atoms with Crippen molar-refractivity contribution in [3.05, 3.63) is 60.3 Å². The van der Waals surface area contributed by atoms with Crippen molar-refractivity contribution in [1.29, 1.82) is 0 Å². The SMILES string of the molecule is COc1ccc2nccc([C@H](F)CC[C@@H]3CCN(CC#Cc4cncnc4)C[C@@H]3CC(=O)O)c2c1. The predicted molar refractivity (Wildman–Crippen MR) is 131 cm³/mol. The minimum atomic E-state index is -1.16. The largest absolute Gasteiger partial charge is 0.497 e. The normalized spacial score (nSPS) is 19.0. The number of likely N-dealkylation sites (tertiary alicyclic amines) is 1. The van der Waals surface area contributed by atoms with Gasteiger partial charge >= 0.3 is 5.97 Å². The summed E-state index contributed by atoms with van der Waals surface area (Å²) in [6.07, 6.45) is 7.13. The minimum Gasteiger partial charge on any atom is -0.497 e. The molecule has 0 aliphatic carbocycles. The summed E-state index contributed by atoms with van der Waals surface area (Å²) >= 11 is 0. The molecule has 182 valence electrons. The molecular weight excluding hydrogens is 447 g/mol. The summed E-state index contributed by atoms with van der Waals surface area (Å²) in [6.45, 7) is 2.00. The summed E-state index contributed by atoms with van der Waals surface area (Å²) in [5.74, 6) is 6.13. The molecule has 3 aromatic rings. The van der Waals surface area contributed by atoms with Crippen LogP contribution in [-0.2, 0) is 4.79 Å². The molecule has 0 unspecified atom stereocenters. The number of piperidine rings is 1. The van der Waals surface area contributed by atoms with Crippen molar-refractivity contribution < 1.29 is 19.0 Å². The van der Waals surface area contributed by atoms with Gasteiger partial charge in [-0.3, -0.25) is 14.7 Å². The minimum absolute atomic E-state index is 0.0374. The third kappa shape index (κ3) is 6.52. The number of fused-ring (bicyclic) bond motifs is 1. The number of alkyl halides is 1. The van der Waals surface area contributed by atoms with Crippen LogP contribution in [0.3, 0.4) is 0 Å².